The van der Waals surface area contributed by atoms with Crippen LogP contribution >= 0.6 is 0 Å². The van der Waals surface area contributed by atoms with Crippen LogP contribution in [0.2, 0.25) is 0 Å². The maximum Gasteiger partial charge on any atom is 0.327 e. The minimum absolute atomic E-state index is 0.232. The van der Waals surface area contributed by atoms with Crippen molar-refractivity contribution in [1.82, 2.24) is 5.32 Å². The average molecular weight is 249 g/mol. The van der Waals surface area contributed by atoms with Gasteiger partial charge in [-0.15, -0.1) is 0 Å². The van der Waals surface area contributed by atoms with Crippen molar-refractivity contribution in [2.24, 2.45) is 0 Å². The summed E-state index contributed by atoms with van der Waals surface area (Å²) in [4.78, 5) is 11.9. The highest BCUT2D eigenvalue weighted by atomic mass is 16.5. The van der Waals surface area contributed by atoms with E-state index in [1.165, 1.54) is 7.11 Å². The molecule has 1 rings (SSSR count). The quantitative estimate of drug-likeness (QED) is 0.815. The Morgan fingerprint density at radius 2 is 2.06 bits per heavy atom. The molecule has 0 spiro atoms. The predicted molar refractivity (Wildman–Crippen MR) is 73.6 cm³/mol. The molecule has 3 heteroatoms. The fraction of sp³-hybridized carbons (Fsp3) is 0.533. The molecule has 1 N–H and O–H groups in total. The Balaban J connectivity index is 3.08. The Kier molecular flexibility index (Phi) is 5.35. The van der Waals surface area contributed by atoms with E-state index in [1.54, 1.807) is 0 Å². The Hall–Kier alpha value is -1.35. The van der Waals surface area contributed by atoms with Crippen molar-refractivity contribution in [1.29, 1.82) is 0 Å². The van der Waals surface area contributed by atoms with Crippen molar-refractivity contribution >= 4 is 5.97 Å². The standard InChI is InChI=1S/C15H23NO2/c1-6-12(4)16-14(15(17)18-5)13-9-10(2)7-8-11(13)3/h7-9,12,14,16H,6H2,1-5H3. The van der Waals surface area contributed by atoms with Crippen LogP contribution in [0.1, 0.15) is 43.0 Å². The number of ether oxygens (including phenoxy) is 1. The van der Waals surface area contributed by atoms with E-state index in [0.29, 0.717) is 0 Å². The summed E-state index contributed by atoms with van der Waals surface area (Å²) in [5.74, 6) is -0.232. The van der Waals surface area contributed by atoms with Crippen molar-refractivity contribution in [2.75, 3.05) is 7.11 Å². The second-order valence-corrected chi connectivity index (χ2v) is 4.79. The van der Waals surface area contributed by atoms with Crippen LogP contribution in [0.4, 0.5) is 0 Å². The summed E-state index contributed by atoms with van der Waals surface area (Å²) in [5.41, 5.74) is 3.25. The number of aryl methyl sites for hydroxylation is 2. The van der Waals surface area contributed by atoms with Gasteiger partial charge in [0.2, 0.25) is 0 Å². The van der Waals surface area contributed by atoms with Gasteiger partial charge in [0.05, 0.1) is 7.11 Å². The molecule has 0 aromatic heterocycles. The van der Waals surface area contributed by atoms with Crippen LogP contribution in [0.15, 0.2) is 18.2 Å². The van der Waals surface area contributed by atoms with Gasteiger partial charge < -0.3 is 4.74 Å². The van der Waals surface area contributed by atoms with Crippen molar-refractivity contribution in [2.45, 2.75) is 46.2 Å². The van der Waals surface area contributed by atoms with Crippen LogP contribution in [0, 0.1) is 13.8 Å². The molecular formula is C15H23NO2. The lowest BCUT2D eigenvalue weighted by Crippen LogP contribution is -2.36. The van der Waals surface area contributed by atoms with E-state index in [1.807, 2.05) is 26.0 Å². The smallest absolute Gasteiger partial charge is 0.327 e. The molecule has 2 atom stereocenters. The Labute approximate surface area is 110 Å². The Bertz CT molecular complexity index is 415. The van der Waals surface area contributed by atoms with Gasteiger partial charge in [-0.2, -0.15) is 0 Å². The van der Waals surface area contributed by atoms with Crippen LogP contribution < -0.4 is 5.32 Å². The third kappa shape index (κ3) is 3.57. The Morgan fingerprint density at radius 1 is 1.39 bits per heavy atom. The summed E-state index contributed by atoms with van der Waals surface area (Å²) in [6.45, 7) is 8.21. The van der Waals surface area contributed by atoms with Gasteiger partial charge in [-0.05, 0) is 38.3 Å². The van der Waals surface area contributed by atoms with E-state index >= 15 is 0 Å². The molecule has 0 fully saturated rings. The van der Waals surface area contributed by atoms with Crippen LogP contribution in [0.25, 0.3) is 0 Å². The second kappa shape index (κ2) is 6.55. The molecule has 0 aliphatic carbocycles. The van der Waals surface area contributed by atoms with Crippen LogP contribution in [-0.4, -0.2) is 19.1 Å². The number of methoxy groups -OCH3 is 1. The summed E-state index contributed by atoms with van der Waals surface area (Å²) >= 11 is 0. The average Bonchev–Trinajstić information content (AvgIpc) is 2.37. The van der Waals surface area contributed by atoms with Crippen molar-refractivity contribution < 1.29 is 9.53 Å². The van der Waals surface area contributed by atoms with E-state index < -0.39 is 0 Å². The van der Waals surface area contributed by atoms with Gasteiger partial charge in [0, 0.05) is 6.04 Å². The largest absolute Gasteiger partial charge is 0.468 e. The molecule has 0 bridgehead atoms. The number of esters is 1. The van der Waals surface area contributed by atoms with Gasteiger partial charge >= 0.3 is 5.97 Å². The van der Waals surface area contributed by atoms with Crippen LogP contribution in [0.3, 0.4) is 0 Å². The number of hydrogen-bond acceptors (Lipinski definition) is 3. The first-order valence-electron chi connectivity index (χ1n) is 6.40. The summed E-state index contributed by atoms with van der Waals surface area (Å²) < 4.78 is 4.91. The van der Waals surface area contributed by atoms with Gasteiger partial charge in [0.1, 0.15) is 6.04 Å². The molecule has 0 saturated carbocycles. The molecule has 0 aliphatic rings. The lowest BCUT2D eigenvalue weighted by molar-refractivity contribution is -0.143. The summed E-state index contributed by atoms with van der Waals surface area (Å²) in [6, 6.07) is 6.03. The minimum Gasteiger partial charge on any atom is -0.468 e. The number of hydrogen-bond donors (Lipinski definition) is 1. The van der Waals surface area contributed by atoms with Crippen molar-refractivity contribution in [3.8, 4) is 0 Å². The topological polar surface area (TPSA) is 38.3 Å². The molecule has 100 valence electrons. The number of rotatable bonds is 5. The van der Waals surface area contributed by atoms with E-state index in [0.717, 1.165) is 23.1 Å². The highest BCUT2D eigenvalue weighted by Crippen LogP contribution is 2.21. The van der Waals surface area contributed by atoms with Gasteiger partial charge in [-0.1, -0.05) is 30.7 Å². The molecule has 18 heavy (non-hydrogen) atoms. The van der Waals surface area contributed by atoms with Gasteiger partial charge in [0.15, 0.2) is 0 Å². The predicted octanol–water partition coefficient (Wildman–Crippen LogP) is 2.91. The third-order valence-corrected chi connectivity index (χ3v) is 3.25. The van der Waals surface area contributed by atoms with E-state index in [9.17, 15) is 4.79 Å². The van der Waals surface area contributed by atoms with Crippen molar-refractivity contribution in [3.63, 3.8) is 0 Å². The highest BCUT2D eigenvalue weighted by molar-refractivity contribution is 5.78. The van der Waals surface area contributed by atoms with Gasteiger partial charge in [-0.25, -0.2) is 4.79 Å². The summed E-state index contributed by atoms with van der Waals surface area (Å²) in [6.07, 6.45) is 0.971. The number of carbonyl (C=O) groups excluding carboxylic acids is 1. The normalized spacial score (nSPS) is 14.1. The van der Waals surface area contributed by atoms with E-state index in [4.69, 9.17) is 4.74 Å². The number of benzene rings is 1. The zero-order valence-corrected chi connectivity index (χ0v) is 11.9. The monoisotopic (exact) mass is 249 g/mol. The SMILES string of the molecule is CCC(C)NC(C(=O)OC)c1cc(C)ccc1C. The summed E-state index contributed by atoms with van der Waals surface area (Å²) in [7, 11) is 1.43. The lowest BCUT2D eigenvalue weighted by atomic mass is 9.98. The first-order chi connectivity index (χ1) is 8.49. The molecule has 0 radical (unpaired) electrons. The molecule has 0 heterocycles. The summed E-state index contributed by atoms with van der Waals surface area (Å²) in [5, 5.41) is 3.33. The zero-order valence-electron chi connectivity index (χ0n) is 11.9. The van der Waals surface area contributed by atoms with Gasteiger partial charge in [0.25, 0.3) is 0 Å². The zero-order chi connectivity index (χ0) is 13.7. The maximum absolute atomic E-state index is 11.9. The second-order valence-electron chi connectivity index (χ2n) is 4.79. The molecule has 1 aromatic rings. The molecule has 0 saturated heterocycles. The number of nitrogens with one attached hydrogen (secondary N) is 1. The minimum atomic E-state index is -0.384. The maximum atomic E-state index is 11.9. The molecule has 0 aliphatic heterocycles. The lowest BCUT2D eigenvalue weighted by Gasteiger charge is -2.22. The van der Waals surface area contributed by atoms with Crippen molar-refractivity contribution in [3.05, 3.63) is 34.9 Å². The fourth-order valence-electron chi connectivity index (χ4n) is 1.88. The first kappa shape index (κ1) is 14.7. The molecule has 1 aromatic carbocycles. The highest BCUT2D eigenvalue weighted by Gasteiger charge is 2.24. The Morgan fingerprint density at radius 3 is 2.61 bits per heavy atom. The first-order valence-corrected chi connectivity index (χ1v) is 6.40. The molecular weight excluding hydrogens is 226 g/mol. The van der Waals surface area contributed by atoms with Crippen LogP contribution in [0.5, 0.6) is 0 Å². The molecule has 0 amide bonds. The third-order valence-electron chi connectivity index (χ3n) is 3.25. The van der Waals surface area contributed by atoms with Gasteiger partial charge in [-0.3, -0.25) is 5.32 Å². The van der Waals surface area contributed by atoms with E-state index in [-0.39, 0.29) is 18.1 Å². The fourth-order valence-corrected chi connectivity index (χ4v) is 1.88. The van der Waals surface area contributed by atoms with E-state index in [2.05, 4.69) is 25.2 Å². The number of carbonyl (C=O) groups is 1. The van der Waals surface area contributed by atoms with Crippen LogP contribution in [-0.2, 0) is 9.53 Å². The molecule has 3 nitrogen and oxygen atoms in total. The molecule has 2 unspecified atom stereocenters.